The van der Waals surface area contributed by atoms with Gasteiger partial charge in [-0.25, -0.2) is 4.98 Å². The third-order valence-corrected chi connectivity index (χ3v) is 5.61. The molecule has 0 bridgehead atoms. The van der Waals surface area contributed by atoms with E-state index in [-0.39, 0.29) is 12.5 Å². The van der Waals surface area contributed by atoms with Gasteiger partial charge in [-0.3, -0.25) is 9.79 Å². The molecule has 2 aromatic rings. The summed E-state index contributed by atoms with van der Waals surface area (Å²) in [5.41, 5.74) is 2.59. The number of aromatic nitrogens is 1. The van der Waals surface area contributed by atoms with Crippen molar-refractivity contribution in [3.8, 4) is 0 Å². The number of carbonyl (C=O) groups excluding carboxylic acids is 1. The van der Waals surface area contributed by atoms with Crippen LogP contribution < -0.4 is 10.6 Å². The van der Waals surface area contributed by atoms with Crippen LogP contribution in [-0.2, 0) is 30.7 Å². The van der Waals surface area contributed by atoms with E-state index in [1.807, 2.05) is 17.2 Å². The minimum absolute atomic E-state index is 0.0879. The second-order valence-corrected chi connectivity index (χ2v) is 7.39. The van der Waals surface area contributed by atoms with Crippen molar-refractivity contribution in [3.05, 3.63) is 51.5 Å². The maximum absolute atomic E-state index is 12.5. The summed E-state index contributed by atoms with van der Waals surface area (Å²) in [7, 11) is 1.70. The molecule has 1 aliphatic heterocycles. The molecule has 0 saturated carbocycles. The van der Waals surface area contributed by atoms with E-state index in [1.54, 1.807) is 18.4 Å². The van der Waals surface area contributed by atoms with E-state index in [2.05, 4.69) is 45.7 Å². The fourth-order valence-electron chi connectivity index (χ4n) is 2.95. The topological polar surface area (TPSA) is 69.6 Å². The lowest BCUT2D eigenvalue weighted by atomic mass is 10.00. The van der Waals surface area contributed by atoms with Gasteiger partial charge in [-0.1, -0.05) is 31.2 Å². The number of hydrogen-bond acceptors (Lipinski definition) is 4. The number of guanidine groups is 1. The molecule has 1 amide bonds. The van der Waals surface area contributed by atoms with Gasteiger partial charge in [0.1, 0.15) is 5.01 Å². The van der Waals surface area contributed by atoms with Crippen LogP contribution in [0.4, 0.5) is 0 Å². The van der Waals surface area contributed by atoms with E-state index >= 15 is 0 Å². The van der Waals surface area contributed by atoms with Crippen LogP contribution in [0.25, 0.3) is 0 Å². The standard InChI is InChI=1S/C19H25N5OS/c1-3-16-10-21-17(26-16)11-22-19(20-2)23-12-18(25)24-9-8-14-6-4-5-7-15(14)13-24/h4-7,10H,3,8-9,11-13H2,1-2H3,(H2,20,22,23). The second kappa shape index (κ2) is 8.80. The third kappa shape index (κ3) is 4.60. The zero-order valence-electron chi connectivity index (χ0n) is 15.3. The van der Waals surface area contributed by atoms with E-state index in [1.165, 1.54) is 16.0 Å². The molecule has 6 nitrogen and oxygen atoms in total. The van der Waals surface area contributed by atoms with Crippen molar-refractivity contribution in [2.24, 2.45) is 4.99 Å². The summed E-state index contributed by atoms with van der Waals surface area (Å²) in [4.78, 5) is 24.2. The highest BCUT2D eigenvalue weighted by Gasteiger charge is 2.20. The van der Waals surface area contributed by atoms with Crippen LogP contribution in [-0.4, -0.2) is 41.9 Å². The van der Waals surface area contributed by atoms with Crippen LogP contribution >= 0.6 is 11.3 Å². The van der Waals surface area contributed by atoms with Crippen molar-refractivity contribution in [1.82, 2.24) is 20.5 Å². The minimum atomic E-state index is 0.0879. The lowest BCUT2D eigenvalue weighted by Crippen LogP contribution is -2.45. The van der Waals surface area contributed by atoms with Crippen molar-refractivity contribution in [3.63, 3.8) is 0 Å². The number of benzene rings is 1. The number of aryl methyl sites for hydroxylation is 1. The fourth-order valence-corrected chi connectivity index (χ4v) is 3.76. The summed E-state index contributed by atoms with van der Waals surface area (Å²) < 4.78 is 0. The van der Waals surface area contributed by atoms with Crippen LogP contribution in [0.3, 0.4) is 0 Å². The van der Waals surface area contributed by atoms with Gasteiger partial charge in [-0.2, -0.15) is 0 Å². The minimum Gasteiger partial charge on any atom is -0.350 e. The molecule has 0 aliphatic carbocycles. The fraction of sp³-hybridized carbons (Fsp3) is 0.421. The molecule has 0 unspecified atom stereocenters. The smallest absolute Gasteiger partial charge is 0.242 e. The summed E-state index contributed by atoms with van der Waals surface area (Å²) in [5, 5.41) is 7.34. The van der Waals surface area contributed by atoms with Gasteiger partial charge >= 0.3 is 0 Å². The van der Waals surface area contributed by atoms with Crippen molar-refractivity contribution in [1.29, 1.82) is 0 Å². The van der Waals surface area contributed by atoms with Gasteiger partial charge < -0.3 is 15.5 Å². The average Bonchev–Trinajstić information content (AvgIpc) is 3.15. The molecule has 0 fully saturated rings. The molecule has 1 aromatic carbocycles. The lowest BCUT2D eigenvalue weighted by molar-refractivity contribution is -0.130. The van der Waals surface area contributed by atoms with E-state index in [0.717, 1.165) is 24.4 Å². The van der Waals surface area contributed by atoms with Gasteiger partial charge in [-0.15, -0.1) is 11.3 Å². The van der Waals surface area contributed by atoms with E-state index in [4.69, 9.17) is 0 Å². The number of carbonyl (C=O) groups is 1. The first-order chi connectivity index (χ1) is 12.7. The number of rotatable bonds is 5. The molecule has 0 radical (unpaired) electrons. The number of hydrogen-bond donors (Lipinski definition) is 2. The Labute approximate surface area is 158 Å². The van der Waals surface area contributed by atoms with Gasteiger partial charge in [0.2, 0.25) is 5.91 Å². The summed E-state index contributed by atoms with van der Waals surface area (Å²) in [6.07, 6.45) is 3.83. The van der Waals surface area contributed by atoms with Crippen LogP contribution in [0.5, 0.6) is 0 Å². The Balaban J connectivity index is 1.47. The van der Waals surface area contributed by atoms with Gasteiger partial charge in [0.15, 0.2) is 5.96 Å². The molecule has 7 heteroatoms. The first-order valence-corrected chi connectivity index (χ1v) is 9.74. The largest absolute Gasteiger partial charge is 0.350 e. The number of amides is 1. The summed E-state index contributed by atoms with van der Waals surface area (Å²) in [5.74, 6) is 0.703. The van der Waals surface area contributed by atoms with Gasteiger partial charge in [0.25, 0.3) is 0 Å². The van der Waals surface area contributed by atoms with Gasteiger partial charge in [0, 0.05) is 31.2 Å². The van der Waals surface area contributed by atoms with Gasteiger partial charge in [-0.05, 0) is 24.0 Å². The van der Waals surface area contributed by atoms with Gasteiger partial charge in [0.05, 0.1) is 13.1 Å². The highest BCUT2D eigenvalue weighted by Crippen LogP contribution is 2.18. The molecule has 3 rings (SSSR count). The predicted molar refractivity (Wildman–Crippen MR) is 105 cm³/mol. The van der Waals surface area contributed by atoms with Crippen molar-refractivity contribution >= 4 is 23.2 Å². The van der Waals surface area contributed by atoms with Crippen molar-refractivity contribution < 1.29 is 4.79 Å². The number of nitrogens with one attached hydrogen (secondary N) is 2. The van der Waals surface area contributed by atoms with Crippen LogP contribution in [0, 0.1) is 0 Å². The molecule has 0 saturated heterocycles. The van der Waals surface area contributed by atoms with Crippen LogP contribution in [0.2, 0.25) is 0 Å². The Morgan fingerprint density at radius 1 is 1.31 bits per heavy atom. The SMILES string of the molecule is CCc1cnc(CNC(=NC)NCC(=O)N2CCc3ccccc3C2)s1. The highest BCUT2D eigenvalue weighted by atomic mass is 32.1. The molecule has 2 heterocycles. The average molecular weight is 372 g/mol. The third-order valence-electron chi connectivity index (χ3n) is 4.47. The molecule has 2 N–H and O–H groups in total. The number of thiazole rings is 1. The molecular weight excluding hydrogens is 346 g/mol. The summed E-state index contributed by atoms with van der Waals surface area (Å²) in [6, 6.07) is 8.32. The highest BCUT2D eigenvalue weighted by molar-refractivity contribution is 7.11. The van der Waals surface area contributed by atoms with Crippen LogP contribution in [0.1, 0.15) is 27.9 Å². The number of fused-ring (bicyclic) bond motifs is 1. The number of aliphatic imine (C=N–C) groups is 1. The zero-order chi connectivity index (χ0) is 18.4. The van der Waals surface area contributed by atoms with E-state index in [9.17, 15) is 4.79 Å². The number of nitrogens with zero attached hydrogens (tertiary/aromatic N) is 3. The Morgan fingerprint density at radius 2 is 2.12 bits per heavy atom. The normalized spacial score (nSPS) is 14.1. The maximum Gasteiger partial charge on any atom is 0.242 e. The van der Waals surface area contributed by atoms with Crippen LogP contribution in [0.15, 0.2) is 35.5 Å². The Bertz CT molecular complexity index is 786. The quantitative estimate of drug-likeness (QED) is 0.623. The molecule has 0 spiro atoms. The summed E-state index contributed by atoms with van der Waals surface area (Å²) in [6.45, 7) is 4.41. The van der Waals surface area contributed by atoms with Crippen molar-refractivity contribution in [2.45, 2.75) is 32.9 Å². The molecule has 1 aromatic heterocycles. The van der Waals surface area contributed by atoms with E-state index in [0.29, 0.717) is 19.0 Å². The molecule has 0 atom stereocenters. The Kier molecular flexibility index (Phi) is 6.22. The summed E-state index contributed by atoms with van der Waals surface area (Å²) >= 11 is 1.69. The monoisotopic (exact) mass is 371 g/mol. The molecule has 26 heavy (non-hydrogen) atoms. The lowest BCUT2D eigenvalue weighted by Gasteiger charge is -2.29. The Morgan fingerprint density at radius 3 is 2.85 bits per heavy atom. The molecular formula is C19H25N5OS. The predicted octanol–water partition coefficient (Wildman–Crippen LogP) is 1.96. The first-order valence-electron chi connectivity index (χ1n) is 8.92. The first kappa shape index (κ1) is 18.4. The zero-order valence-corrected chi connectivity index (χ0v) is 16.1. The molecule has 138 valence electrons. The second-order valence-electron chi connectivity index (χ2n) is 6.19. The Hall–Kier alpha value is -2.41. The van der Waals surface area contributed by atoms with E-state index < -0.39 is 0 Å². The maximum atomic E-state index is 12.5. The molecule has 1 aliphatic rings. The van der Waals surface area contributed by atoms with Crippen molar-refractivity contribution in [2.75, 3.05) is 20.1 Å².